The molecule has 1 atom stereocenters. The van der Waals surface area contributed by atoms with Crippen LogP contribution >= 0.6 is 24.0 Å². The predicted molar refractivity (Wildman–Crippen MR) is 138 cm³/mol. The van der Waals surface area contributed by atoms with Crippen molar-refractivity contribution >= 4 is 29.9 Å². The lowest BCUT2D eigenvalue weighted by Gasteiger charge is -2.23. The molecule has 3 N–H and O–H groups in total. The highest BCUT2D eigenvalue weighted by atomic mass is 127. The van der Waals surface area contributed by atoms with Crippen molar-refractivity contribution in [2.24, 2.45) is 12.0 Å². The second-order valence-corrected chi connectivity index (χ2v) is 7.64. The third-order valence-corrected chi connectivity index (χ3v) is 4.86. The van der Waals surface area contributed by atoms with Crippen LogP contribution in [0.15, 0.2) is 72.0 Å². The van der Waals surface area contributed by atoms with Gasteiger partial charge in [-0.05, 0) is 37.1 Å². The zero-order valence-corrected chi connectivity index (χ0v) is 21.1. The van der Waals surface area contributed by atoms with Gasteiger partial charge in [-0.25, -0.2) is 4.99 Å². The number of ether oxygens (including phenoxy) is 1. The Kier molecular flexibility index (Phi) is 9.98. The third kappa shape index (κ3) is 7.83. The summed E-state index contributed by atoms with van der Waals surface area (Å²) in [5, 5.41) is 21.3. The van der Waals surface area contributed by atoms with Gasteiger partial charge < -0.3 is 20.5 Å². The van der Waals surface area contributed by atoms with Gasteiger partial charge in [-0.2, -0.15) is 5.10 Å². The lowest BCUT2D eigenvalue weighted by Crippen LogP contribution is -2.44. The first-order valence-corrected chi connectivity index (χ1v) is 10.5. The van der Waals surface area contributed by atoms with Gasteiger partial charge in [0.2, 0.25) is 0 Å². The Morgan fingerprint density at radius 1 is 1.09 bits per heavy atom. The molecular weight excluding hydrogens is 517 g/mol. The maximum Gasteiger partial charge on any atom is 0.191 e. The Balaban J connectivity index is 0.00000363. The Labute approximate surface area is 206 Å². The quantitative estimate of drug-likeness (QED) is 0.216. The summed E-state index contributed by atoms with van der Waals surface area (Å²) >= 11 is 0. The number of nitrogens with one attached hydrogen (secondary N) is 2. The maximum absolute atomic E-state index is 10.8. The van der Waals surface area contributed by atoms with Crippen LogP contribution in [-0.4, -0.2) is 33.9 Å². The van der Waals surface area contributed by atoms with E-state index < -0.39 is 5.60 Å². The molecule has 0 aliphatic heterocycles. The molecule has 1 aromatic heterocycles. The number of nitrogens with zero attached hydrogens (tertiary/aromatic N) is 3. The molecule has 0 bridgehead atoms. The smallest absolute Gasteiger partial charge is 0.191 e. The van der Waals surface area contributed by atoms with Crippen molar-refractivity contribution in [1.82, 2.24) is 20.4 Å². The van der Waals surface area contributed by atoms with E-state index in [4.69, 9.17) is 4.74 Å². The summed E-state index contributed by atoms with van der Waals surface area (Å²) in [4.78, 5) is 4.64. The molecule has 8 heteroatoms. The van der Waals surface area contributed by atoms with Crippen molar-refractivity contribution in [1.29, 1.82) is 0 Å². The van der Waals surface area contributed by atoms with E-state index in [0.29, 0.717) is 25.7 Å². The first-order valence-electron chi connectivity index (χ1n) is 10.5. The van der Waals surface area contributed by atoms with E-state index in [1.165, 1.54) is 0 Å². The summed E-state index contributed by atoms with van der Waals surface area (Å²) in [5.74, 6) is 1.52. The number of aliphatic imine (C=N–C) groups is 1. The van der Waals surface area contributed by atoms with Crippen LogP contribution in [0.1, 0.15) is 30.5 Å². The number of benzene rings is 2. The SMILES string of the molecule is CCNC(=NCc1ccc(COc2ccccc2)cc1)NCC(C)(O)c1cnn(C)c1.I. The van der Waals surface area contributed by atoms with E-state index in [2.05, 4.69) is 45.0 Å². The van der Waals surface area contributed by atoms with Gasteiger partial charge in [0.25, 0.3) is 0 Å². The van der Waals surface area contributed by atoms with Crippen molar-refractivity contribution < 1.29 is 9.84 Å². The Morgan fingerprint density at radius 2 is 1.78 bits per heavy atom. The molecular formula is C24H32IN5O2. The predicted octanol–water partition coefficient (Wildman–Crippen LogP) is 3.58. The summed E-state index contributed by atoms with van der Waals surface area (Å²) in [7, 11) is 1.83. The Morgan fingerprint density at radius 3 is 2.41 bits per heavy atom. The molecule has 0 saturated carbocycles. The molecule has 0 fully saturated rings. The maximum atomic E-state index is 10.8. The van der Waals surface area contributed by atoms with Gasteiger partial charge in [-0.1, -0.05) is 42.5 Å². The summed E-state index contributed by atoms with van der Waals surface area (Å²) in [6, 6.07) is 18.0. The van der Waals surface area contributed by atoms with Crippen LogP contribution in [0.3, 0.4) is 0 Å². The van der Waals surface area contributed by atoms with Crippen LogP contribution in [0.25, 0.3) is 0 Å². The molecule has 172 valence electrons. The number of rotatable bonds is 9. The van der Waals surface area contributed by atoms with Crippen molar-refractivity contribution in [3.05, 3.63) is 83.7 Å². The number of halogens is 1. The minimum atomic E-state index is -1.05. The number of aliphatic hydroxyl groups is 1. The third-order valence-electron chi connectivity index (χ3n) is 4.86. The van der Waals surface area contributed by atoms with E-state index in [1.807, 2.05) is 50.5 Å². The monoisotopic (exact) mass is 549 g/mol. The van der Waals surface area contributed by atoms with Gasteiger partial charge in [0, 0.05) is 25.4 Å². The van der Waals surface area contributed by atoms with Crippen LogP contribution in [0.5, 0.6) is 5.75 Å². The molecule has 32 heavy (non-hydrogen) atoms. The van der Waals surface area contributed by atoms with E-state index in [1.54, 1.807) is 17.8 Å². The molecule has 3 aromatic rings. The van der Waals surface area contributed by atoms with Crippen LogP contribution in [-0.2, 0) is 25.8 Å². The van der Waals surface area contributed by atoms with Gasteiger partial charge >= 0.3 is 0 Å². The van der Waals surface area contributed by atoms with Crippen molar-refractivity contribution in [2.45, 2.75) is 32.6 Å². The van der Waals surface area contributed by atoms with Crippen molar-refractivity contribution in [2.75, 3.05) is 13.1 Å². The largest absolute Gasteiger partial charge is 0.489 e. The van der Waals surface area contributed by atoms with Crippen LogP contribution < -0.4 is 15.4 Å². The summed E-state index contributed by atoms with van der Waals surface area (Å²) in [6.45, 7) is 5.89. The number of aromatic nitrogens is 2. The highest BCUT2D eigenvalue weighted by molar-refractivity contribution is 14.0. The second-order valence-electron chi connectivity index (χ2n) is 7.64. The fourth-order valence-corrected chi connectivity index (χ4v) is 2.99. The average Bonchev–Trinajstić information content (AvgIpc) is 3.23. The first kappa shape index (κ1) is 25.7. The number of hydrogen-bond donors (Lipinski definition) is 3. The van der Waals surface area contributed by atoms with E-state index in [0.717, 1.165) is 29.0 Å². The standard InChI is InChI=1S/C24H31N5O2.HI/c1-4-25-23(27-18-24(2,30)21-15-28-29(3)16-21)26-14-19-10-12-20(13-11-19)17-31-22-8-6-5-7-9-22;/h5-13,15-16,30H,4,14,17-18H2,1-3H3,(H2,25,26,27);1H. The lowest BCUT2D eigenvalue weighted by molar-refractivity contribution is 0.0616. The number of aryl methyl sites for hydroxylation is 1. The van der Waals surface area contributed by atoms with Gasteiger partial charge in [-0.15, -0.1) is 24.0 Å². The normalized spacial score (nSPS) is 13.1. The molecule has 1 heterocycles. The molecule has 0 saturated heterocycles. The minimum absolute atomic E-state index is 0. The fraction of sp³-hybridized carbons (Fsp3) is 0.333. The van der Waals surface area contributed by atoms with Crippen molar-refractivity contribution in [3.8, 4) is 5.75 Å². The first-order chi connectivity index (χ1) is 15.0. The molecule has 2 aromatic carbocycles. The molecule has 3 rings (SSSR count). The van der Waals surface area contributed by atoms with Gasteiger partial charge in [-0.3, -0.25) is 4.68 Å². The summed E-state index contributed by atoms with van der Waals surface area (Å²) in [6.07, 6.45) is 3.49. The molecule has 0 spiro atoms. The van der Waals surface area contributed by atoms with Gasteiger partial charge in [0.15, 0.2) is 5.96 Å². The molecule has 0 radical (unpaired) electrons. The molecule has 0 amide bonds. The summed E-state index contributed by atoms with van der Waals surface area (Å²) < 4.78 is 7.46. The topological polar surface area (TPSA) is 83.7 Å². The number of hydrogen-bond acceptors (Lipinski definition) is 4. The second kappa shape index (κ2) is 12.4. The minimum Gasteiger partial charge on any atom is -0.489 e. The number of guanidine groups is 1. The summed E-state index contributed by atoms with van der Waals surface area (Å²) in [5.41, 5.74) is 1.91. The average molecular weight is 549 g/mol. The van der Waals surface area contributed by atoms with Crippen LogP contribution in [0.4, 0.5) is 0 Å². The molecule has 1 unspecified atom stereocenters. The van der Waals surface area contributed by atoms with Crippen molar-refractivity contribution in [3.63, 3.8) is 0 Å². The zero-order chi connectivity index (χ0) is 22.1. The van der Waals surface area contributed by atoms with Crippen LogP contribution in [0, 0.1) is 0 Å². The van der Waals surface area contributed by atoms with E-state index in [9.17, 15) is 5.11 Å². The van der Waals surface area contributed by atoms with Crippen LogP contribution in [0.2, 0.25) is 0 Å². The number of para-hydroxylation sites is 1. The Hall–Kier alpha value is -2.59. The molecule has 0 aliphatic carbocycles. The van der Waals surface area contributed by atoms with Gasteiger partial charge in [0.05, 0.1) is 19.3 Å². The highest BCUT2D eigenvalue weighted by Gasteiger charge is 2.24. The van der Waals surface area contributed by atoms with Gasteiger partial charge in [0.1, 0.15) is 18.0 Å². The molecule has 7 nitrogen and oxygen atoms in total. The highest BCUT2D eigenvalue weighted by Crippen LogP contribution is 2.18. The fourth-order valence-electron chi connectivity index (χ4n) is 2.99. The Bertz CT molecular complexity index is 972. The van der Waals surface area contributed by atoms with E-state index in [-0.39, 0.29) is 24.0 Å². The lowest BCUT2D eigenvalue weighted by atomic mass is 10.00. The zero-order valence-electron chi connectivity index (χ0n) is 18.8. The molecule has 0 aliphatic rings. The van der Waals surface area contributed by atoms with E-state index >= 15 is 0 Å².